The van der Waals surface area contributed by atoms with Crippen molar-refractivity contribution >= 4 is 28.6 Å². The van der Waals surface area contributed by atoms with Crippen LogP contribution in [0.25, 0.3) is 22.5 Å². The molecular weight excluding hydrogens is 334 g/mol. The Hall–Kier alpha value is -2.34. The Kier molecular flexibility index (Phi) is 5.71. The maximum absolute atomic E-state index is 12.2. The van der Waals surface area contributed by atoms with E-state index in [0.29, 0.717) is 17.3 Å². The lowest BCUT2D eigenvalue weighted by molar-refractivity contribution is -0.119. The second kappa shape index (κ2) is 8.16. The predicted octanol–water partition coefficient (Wildman–Crippen LogP) is 4.29. The molecule has 0 aliphatic heterocycles. The summed E-state index contributed by atoms with van der Waals surface area (Å²) in [7, 11) is 0. The number of amides is 1. The van der Waals surface area contributed by atoms with Gasteiger partial charge in [-0.1, -0.05) is 43.8 Å². The van der Waals surface area contributed by atoms with Gasteiger partial charge < -0.3 is 9.73 Å². The molecule has 3 rings (SSSR count). The zero-order chi connectivity index (χ0) is 17.6. The number of nitrogens with one attached hydrogen (secondary N) is 1. The van der Waals surface area contributed by atoms with Crippen molar-refractivity contribution in [1.82, 2.24) is 15.3 Å². The summed E-state index contributed by atoms with van der Waals surface area (Å²) >= 11 is 1.43. The van der Waals surface area contributed by atoms with E-state index in [2.05, 4.69) is 29.1 Å². The summed E-state index contributed by atoms with van der Waals surface area (Å²) in [6, 6.07) is 11.7. The van der Waals surface area contributed by atoms with Crippen LogP contribution in [0, 0.1) is 0 Å². The highest BCUT2D eigenvalue weighted by molar-refractivity contribution is 8.00. The van der Waals surface area contributed by atoms with Crippen molar-refractivity contribution in [2.24, 2.45) is 0 Å². The minimum Gasteiger partial charge on any atom is -0.461 e. The number of furan rings is 1. The Morgan fingerprint density at radius 1 is 1.16 bits per heavy atom. The molecule has 0 fully saturated rings. The molecular formula is C19H21N3O2S. The minimum absolute atomic E-state index is 0.0286. The number of hydrogen-bond donors (Lipinski definition) is 1. The Balaban J connectivity index is 1.83. The summed E-state index contributed by atoms with van der Waals surface area (Å²) in [6.07, 6.45) is 3.47. The van der Waals surface area contributed by atoms with Gasteiger partial charge in [0.1, 0.15) is 5.03 Å². The molecule has 0 spiro atoms. The lowest BCUT2D eigenvalue weighted by atomic mass is 10.2. The van der Waals surface area contributed by atoms with E-state index < -0.39 is 0 Å². The monoisotopic (exact) mass is 355 g/mol. The van der Waals surface area contributed by atoms with Crippen LogP contribution in [0.3, 0.4) is 0 Å². The summed E-state index contributed by atoms with van der Waals surface area (Å²) < 4.78 is 5.42. The smallest absolute Gasteiger partial charge is 0.230 e. The van der Waals surface area contributed by atoms with Crippen molar-refractivity contribution in [3.63, 3.8) is 0 Å². The molecule has 1 aromatic carbocycles. The molecule has 3 aromatic rings. The van der Waals surface area contributed by atoms with E-state index in [9.17, 15) is 4.79 Å². The highest BCUT2D eigenvalue weighted by Gasteiger charge is 2.14. The third-order valence-electron chi connectivity index (χ3n) is 4.00. The summed E-state index contributed by atoms with van der Waals surface area (Å²) in [5, 5.41) is 4.79. The average Bonchev–Trinajstić information content (AvgIpc) is 3.18. The Morgan fingerprint density at radius 2 is 1.96 bits per heavy atom. The van der Waals surface area contributed by atoms with E-state index in [1.54, 1.807) is 6.26 Å². The summed E-state index contributed by atoms with van der Waals surface area (Å²) in [5.74, 6) is 1.51. The fraction of sp³-hybridized carbons (Fsp3) is 0.316. The van der Waals surface area contributed by atoms with Gasteiger partial charge in [-0.25, -0.2) is 9.97 Å². The molecule has 1 amide bonds. The van der Waals surface area contributed by atoms with E-state index >= 15 is 0 Å². The largest absolute Gasteiger partial charge is 0.461 e. The normalized spacial score (nSPS) is 11.2. The Labute approximate surface area is 151 Å². The maximum Gasteiger partial charge on any atom is 0.230 e. The fourth-order valence-electron chi connectivity index (χ4n) is 2.57. The molecule has 0 aliphatic carbocycles. The van der Waals surface area contributed by atoms with E-state index in [1.165, 1.54) is 11.8 Å². The lowest BCUT2D eigenvalue weighted by Gasteiger charge is -2.14. The molecule has 0 saturated heterocycles. The average molecular weight is 355 g/mol. The zero-order valence-corrected chi connectivity index (χ0v) is 15.2. The number of fused-ring (bicyclic) bond motifs is 1. The van der Waals surface area contributed by atoms with Gasteiger partial charge in [0.15, 0.2) is 11.6 Å². The lowest BCUT2D eigenvalue weighted by Crippen LogP contribution is -2.35. The van der Waals surface area contributed by atoms with Crippen LogP contribution >= 0.6 is 11.8 Å². The van der Waals surface area contributed by atoms with E-state index in [4.69, 9.17) is 4.42 Å². The van der Waals surface area contributed by atoms with Crippen LogP contribution < -0.4 is 5.32 Å². The molecule has 130 valence electrons. The third kappa shape index (κ3) is 4.20. The maximum atomic E-state index is 12.2. The van der Waals surface area contributed by atoms with Crippen molar-refractivity contribution in [2.45, 2.75) is 37.8 Å². The van der Waals surface area contributed by atoms with Gasteiger partial charge in [-0.05, 0) is 31.0 Å². The van der Waals surface area contributed by atoms with Crippen LogP contribution in [0.1, 0.15) is 26.7 Å². The molecule has 2 aromatic heterocycles. The molecule has 6 heteroatoms. The van der Waals surface area contributed by atoms with Gasteiger partial charge in [-0.3, -0.25) is 4.79 Å². The summed E-state index contributed by atoms with van der Waals surface area (Å²) in [5.41, 5.74) is 0.840. The molecule has 25 heavy (non-hydrogen) atoms. The van der Waals surface area contributed by atoms with Gasteiger partial charge in [0, 0.05) is 11.4 Å². The first-order valence-corrected chi connectivity index (χ1v) is 9.42. The number of benzene rings is 1. The quantitative estimate of drug-likeness (QED) is 0.506. The molecule has 0 aliphatic rings. The number of carbonyl (C=O) groups excluding carboxylic acids is 1. The SMILES string of the molecule is CCC(CC)NC(=O)CSc1nc(-c2ccco2)nc2ccccc12. The van der Waals surface area contributed by atoms with Gasteiger partial charge in [0.2, 0.25) is 5.91 Å². The second-order valence-electron chi connectivity index (χ2n) is 5.72. The van der Waals surface area contributed by atoms with E-state index in [1.807, 2.05) is 36.4 Å². The molecule has 0 radical (unpaired) electrons. The van der Waals surface area contributed by atoms with Crippen molar-refractivity contribution in [1.29, 1.82) is 0 Å². The number of aromatic nitrogens is 2. The van der Waals surface area contributed by atoms with Crippen molar-refractivity contribution in [2.75, 3.05) is 5.75 Å². The van der Waals surface area contributed by atoms with E-state index in [0.717, 1.165) is 28.8 Å². The molecule has 0 bridgehead atoms. The van der Waals surface area contributed by atoms with Crippen molar-refractivity contribution in [3.8, 4) is 11.6 Å². The van der Waals surface area contributed by atoms with Crippen LogP contribution in [0.15, 0.2) is 52.1 Å². The summed E-state index contributed by atoms with van der Waals surface area (Å²) in [6.45, 7) is 4.16. The first kappa shape index (κ1) is 17.5. The van der Waals surface area contributed by atoms with Crippen LogP contribution in [-0.4, -0.2) is 27.7 Å². The zero-order valence-electron chi connectivity index (χ0n) is 14.4. The number of nitrogens with zero attached hydrogens (tertiary/aromatic N) is 2. The number of para-hydroxylation sites is 1. The number of carbonyl (C=O) groups is 1. The molecule has 1 N–H and O–H groups in total. The van der Waals surface area contributed by atoms with Gasteiger partial charge in [0.25, 0.3) is 0 Å². The van der Waals surface area contributed by atoms with Gasteiger partial charge in [-0.15, -0.1) is 0 Å². The van der Waals surface area contributed by atoms with Gasteiger partial charge in [0.05, 0.1) is 17.5 Å². The molecule has 0 saturated carbocycles. The first-order chi connectivity index (χ1) is 12.2. The Bertz CT molecular complexity index is 845. The third-order valence-corrected chi connectivity index (χ3v) is 4.99. The predicted molar refractivity (Wildman–Crippen MR) is 100 cm³/mol. The van der Waals surface area contributed by atoms with Crippen LogP contribution in [0.2, 0.25) is 0 Å². The molecule has 2 heterocycles. The summed E-state index contributed by atoms with van der Waals surface area (Å²) in [4.78, 5) is 21.4. The van der Waals surface area contributed by atoms with E-state index in [-0.39, 0.29) is 11.9 Å². The first-order valence-electron chi connectivity index (χ1n) is 8.44. The van der Waals surface area contributed by atoms with Gasteiger partial charge in [-0.2, -0.15) is 0 Å². The second-order valence-corrected chi connectivity index (χ2v) is 6.68. The van der Waals surface area contributed by atoms with Crippen molar-refractivity contribution < 1.29 is 9.21 Å². The standard InChI is InChI=1S/C19H21N3O2S/c1-3-13(4-2)20-17(23)12-25-19-14-8-5-6-9-15(14)21-18(22-19)16-10-7-11-24-16/h5-11,13H,3-4,12H2,1-2H3,(H,20,23). The highest BCUT2D eigenvalue weighted by atomic mass is 32.2. The molecule has 0 atom stereocenters. The fourth-order valence-corrected chi connectivity index (χ4v) is 3.40. The number of rotatable bonds is 7. The van der Waals surface area contributed by atoms with Crippen LogP contribution in [-0.2, 0) is 4.79 Å². The van der Waals surface area contributed by atoms with Crippen molar-refractivity contribution in [3.05, 3.63) is 42.7 Å². The topological polar surface area (TPSA) is 68.0 Å². The number of thioether (sulfide) groups is 1. The van der Waals surface area contributed by atoms with Gasteiger partial charge >= 0.3 is 0 Å². The molecule has 5 nitrogen and oxygen atoms in total. The number of hydrogen-bond acceptors (Lipinski definition) is 5. The minimum atomic E-state index is 0.0286. The van der Waals surface area contributed by atoms with Crippen LogP contribution in [0.5, 0.6) is 0 Å². The Morgan fingerprint density at radius 3 is 2.68 bits per heavy atom. The highest BCUT2D eigenvalue weighted by Crippen LogP contribution is 2.28. The molecule has 0 unspecified atom stereocenters. The van der Waals surface area contributed by atoms with Crippen LogP contribution in [0.4, 0.5) is 0 Å².